The van der Waals surface area contributed by atoms with E-state index in [1.807, 2.05) is 31.2 Å². The maximum absolute atomic E-state index is 7.89. The molecule has 1 aromatic heterocycles. The van der Waals surface area contributed by atoms with Crippen LogP contribution in [-0.4, -0.2) is 43.5 Å². The number of hydrogen-bond acceptors (Lipinski definition) is 6. The third-order valence-electron chi connectivity index (χ3n) is 6.07. The van der Waals surface area contributed by atoms with E-state index in [4.69, 9.17) is 22.3 Å². The first-order valence-corrected chi connectivity index (χ1v) is 10.1. The molecule has 3 aromatic rings. The van der Waals surface area contributed by atoms with Gasteiger partial charge in [-0.3, -0.25) is 4.98 Å². The maximum atomic E-state index is 7.89. The quantitative estimate of drug-likeness (QED) is 0.352. The minimum Gasteiger partial charge on any atom is -0.488 e. The molecule has 3 heterocycles. The van der Waals surface area contributed by atoms with Gasteiger partial charge in [-0.25, -0.2) is 0 Å². The Morgan fingerprint density at radius 3 is 3.07 bits per heavy atom. The Bertz CT molecular complexity index is 1230. The molecule has 2 aliphatic heterocycles. The topological polar surface area (TPSA) is 87.3 Å². The van der Waals surface area contributed by atoms with Gasteiger partial charge in [0.15, 0.2) is 5.75 Å². The third kappa shape index (κ3) is 2.71. The van der Waals surface area contributed by atoms with Crippen LogP contribution in [0.4, 0.5) is 11.4 Å². The molecule has 0 unspecified atom stereocenters. The Morgan fingerprint density at radius 2 is 2.27 bits per heavy atom. The molecule has 2 aliphatic rings. The van der Waals surface area contributed by atoms with E-state index in [9.17, 15) is 0 Å². The van der Waals surface area contributed by atoms with Gasteiger partial charge in [0.25, 0.3) is 0 Å². The number of nitrogens with one attached hydrogen (secondary N) is 2. The van der Waals surface area contributed by atoms with Crippen molar-refractivity contribution in [1.29, 1.82) is 5.41 Å². The van der Waals surface area contributed by atoms with Crippen molar-refractivity contribution in [3.63, 3.8) is 0 Å². The number of anilines is 2. The van der Waals surface area contributed by atoms with Gasteiger partial charge in [-0.15, -0.1) is 6.42 Å². The standard InChI is InChI=1S/C24H23N5O/c1-3-15-8-18-21(9-17(15)23-14(2)4-5-20(26)19(23)10-25)28-12-22-24(18)29-7-6-27-11-16(29)13-30-22/h1,4-5,8-10,12,16,25,27H,6-7,11,13,26H2,2H3/t16-/m1/s1. The van der Waals surface area contributed by atoms with E-state index >= 15 is 0 Å². The van der Waals surface area contributed by atoms with Crippen LogP contribution >= 0.6 is 0 Å². The number of rotatable bonds is 2. The van der Waals surface area contributed by atoms with Gasteiger partial charge in [-0.05, 0) is 36.2 Å². The van der Waals surface area contributed by atoms with Crippen LogP contribution in [0.1, 0.15) is 16.7 Å². The molecule has 0 radical (unpaired) electrons. The lowest BCUT2D eigenvalue weighted by Crippen LogP contribution is -2.55. The zero-order valence-corrected chi connectivity index (χ0v) is 16.8. The fraction of sp³-hybridized carbons (Fsp3) is 0.250. The van der Waals surface area contributed by atoms with E-state index in [1.54, 1.807) is 6.20 Å². The molecule has 5 rings (SSSR count). The highest BCUT2D eigenvalue weighted by Gasteiger charge is 2.32. The summed E-state index contributed by atoms with van der Waals surface area (Å²) in [5.41, 5.74) is 12.8. The van der Waals surface area contributed by atoms with Crippen LogP contribution in [0.2, 0.25) is 0 Å². The lowest BCUT2D eigenvalue weighted by molar-refractivity contribution is 0.247. The summed E-state index contributed by atoms with van der Waals surface area (Å²) in [6.45, 7) is 5.41. The van der Waals surface area contributed by atoms with Crippen molar-refractivity contribution >= 4 is 28.5 Å². The molecule has 2 aromatic carbocycles. The summed E-state index contributed by atoms with van der Waals surface area (Å²) < 4.78 is 6.02. The predicted octanol–water partition coefficient (Wildman–Crippen LogP) is 2.94. The summed E-state index contributed by atoms with van der Waals surface area (Å²) in [6, 6.07) is 8.13. The first-order chi connectivity index (χ1) is 14.6. The molecule has 0 bridgehead atoms. The van der Waals surface area contributed by atoms with Crippen LogP contribution in [0.25, 0.3) is 22.0 Å². The second-order valence-electron chi connectivity index (χ2n) is 7.80. The van der Waals surface area contributed by atoms with Crippen molar-refractivity contribution in [3.05, 3.63) is 47.2 Å². The lowest BCUT2D eigenvalue weighted by Gasteiger charge is -2.42. The highest BCUT2D eigenvalue weighted by Crippen LogP contribution is 2.42. The van der Waals surface area contributed by atoms with E-state index in [1.165, 1.54) is 6.21 Å². The van der Waals surface area contributed by atoms with Crippen LogP contribution in [0.15, 0.2) is 30.5 Å². The molecule has 6 heteroatoms. The molecular weight excluding hydrogens is 374 g/mol. The van der Waals surface area contributed by atoms with Gasteiger partial charge < -0.3 is 26.1 Å². The molecule has 4 N–H and O–H groups in total. The molecule has 0 saturated carbocycles. The minimum atomic E-state index is 0.298. The van der Waals surface area contributed by atoms with Gasteiger partial charge in [-0.2, -0.15) is 0 Å². The van der Waals surface area contributed by atoms with E-state index in [0.29, 0.717) is 23.9 Å². The third-order valence-corrected chi connectivity index (χ3v) is 6.07. The lowest BCUT2D eigenvalue weighted by atomic mass is 9.89. The molecule has 1 atom stereocenters. The van der Waals surface area contributed by atoms with Crippen molar-refractivity contribution in [2.75, 3.05) is 36.9 Å². The smallest absolute Gasteiger partial charge is 0.161 e. The molecule has 0 aliphatic carbocycles. The van der Waals surface area contributed by atoms with Crippen LogP contribution in [0, 0.1) is 24.7 Å². The Hall–Kier alpha value is -3.56. The van der Waals surface area contributed by atoms with Crippen LogP contribution in [-0.2, 0) is 0 Å². The number of benzene rings is 2. The maximum Gasteiger partial charge on any atom is 0.161 e. The number of terminal acetylenes is 1. The summed E-state index contributed by atoms with van der Waals surface area (Å²) in [5, 5.41) is 12.3. The largest absolute Gasteiger partial charge is 0.488 e. The highest BCUT2D eigenvalue weighted by molar-refractivity contribution is 6.03. The summed E-state index contributed by atoms with van der Waals surface area (Å²) in [5.74, 6) is 3.65. The van der Waals surface area contributed by atoms with Crippen LogP contribution < -0.4 is 20.7 Å². The number of nitrogens with two attached hydrogens (primary N) is 1. The monoisotopic (exact) mass is 397 g/mol. The number of fused-ring (bicyclic) bond motifs is 5. The van der Waals surface area contributed by atoms with Gasteiger partial charge in [-0.1, -0.05) is 12.0 Å². The van der Waals surface area contributed by atoms with Crippen molar-refractivity contribution in [1.82, 2.24) is 10.3 Å². The van der Waals surface area contributed by atoms with Crippen LogP contribution in [0.5, 0.6) is 5.75 Å². The normalized spacial score (nSPS) is 17.6. The zero-order valence-electron chi connectivity index (χ0n) is 16.8. The number of hydrogen-bond donors (Lipinski definition) is 3. The van der Waals surface area contributed by atoms with Crippen molar-refractivity contribution in [3.8, 4) is 29.2 Å². The first kappa shape index (κ1) is 18.5. The first-order valence-electron chi connectivity index (χ1n) is 10.1. The second kappa shape index (κ2) is 7.05. The summed E-state index contributed by atoms with van der Waals surface area (Å²) in [4.78, 5) is 7.09. The molecular formula is C24H23N5O. The van der Waals surface area contributed by atoms with Crippen molar-refractivity contribution in [2.24, 2.45) is 0 Å². The van der Waals surface area contributed by atoms with Crippen LogP contribution in [0.3, 0.4) is 0 Å². The molecule has 1 saturated heterocycles. The van der Waals surface area contributed by atoms with Gasteiger partial charge in [0.1, 0.15) is 6.61 Å². The number of pyridine rings is 1. The fourth-order valence-electron chi connectivity index (χ4n) is 4.58. The Balaban J connectivity index is 1.78. The van der Waals surface area contributed by atoms with E-state index < -0.39 is 0 Å². The zero-order chi connectivity index (χ0) is 20.8. The van der Waals surface area contributed by atoms with Crippen molar-refractivity contribution in [2.45, 2.75) is 13.0 Å². The van der Waals surface area contributed by atoms with Gasteiger partial charge in [0.2, 0.25) is 0 Å². The second-order valence-corrected chi connectivity index (χ2v) is 7.80. The number of nitrogens with zero attached hydrogens (tertiary/aromatic N) is 2. The Kier molecular flexibility index (Phi) is 4.34. The number of aromatic nitrogens is 1. The number of ether oxygens (including phenoxy) is 1. The summed E-state index contributed by atoms with van der Waals surface area (Å²) in [6.07, 6.45) is 9.05. The Labute approximate surface area is 175 Å². The van der Waals surface area contributed by atoms with Gasteiger partial charge >= 0.3 is 0 Å². The number of aryl methyl sites for hydroxylation is 1. The van der Waals surface area contributed by atoms with Gasteiger partial charge in [0, 0.05) is 53.6 Å². The van der Waals surface area contributed by atoms with E-state index in [0.717, 1.165) is 64.2 Å². The minimum absolute atomic E-state index is 0.298. The number of piperazine rings is 1. The fourth-order valence-corrected chi connectivity index (χ4v) is 4.58. The molecule has 150 valence electrons. The average Bonchev–Trinajstić information content (AvgIpc) is 2.78. The van der Waals surface area contributed by atoms with Gasteiger partial charge in [0.05, 0.1) is 23.4 Å². The summed E-state index contributed by atoms with van der Waals surface area (Å²) in [7, 11) is 0. The van der Waals surface area contributed by atoms with E-state index in [2.05, 4.69) is 21.1 Å². The molecule has 1 fully saturated rings. The molecule has 30 heavy (non-hydrogen) atoms. The van der Waals surface area contributed by atoms with E-state index in [-0.39, 0.29) is 0 Å². The summed E-state index contributed by atoms with van der Waals surface area (Å²) >= 11 is 0. The van der Waals surface area contributed by atoms with Crippen molar-refractivity contribution < 1.29 is 4.74 Å². The molecule has 0 spiro atoms. The average molecular weight is 397 g/mol. The SMILES string of the molecule is C#Cc1cc2c3c(cnc2cc1-c1c(C)ccc(N)c1C=N)OC[C@H]1CNCCN31. The molecule has 0 amide bonds. The molecule has 6 nitrogen and oxygen atoms in total. The number of nitrogen functional groups attached to an aromatic ring is 1. The predicted molar refractivity (Wildman–Crippen MR) is 122 cm³/mol. The Morgan fingerprint density at radius 1 is 1.40 bits per heavy atom. The highest BCUT2D eigenvalue weighted by atomic mass is 16.5.